The molecule has 34 heavy (non-hydrogen) atoms. The van der Waals surface area contributed by atoms with Gasteiger partial charge in [-0.25, -0.2) is 0 Å². The van der Waals surface area contributed by atoms with Crippen molar-refractivity contribution in [1.29, 1.82) is 0 Å². The number of ketones is 1. The second-order valence-corrected chi connectivity index (χ2v) is 8.52. The monoisotopic (exact) mass is 456 g/mol. The highest BCUT2D eigenvalue weighted by Gasteiger charge is 2.37. The first-order valence-corrected chi connectivity index (χ1v) is 11.4. The number of nitrogens with one attached hydrogen (secondary N) is 2. The molecule has 0 spiro atoms. The third-order valence-electron chi connectivity index (χ3n) is 6.64. The van der Waals surface area contributed by atoms with E-state index in [2.05, 4.69) is 16.7 Å². The molecule has 5 rings (SSSR count). The van der Waals surface area contributed by atoms with Crippen molar-refractivity contribution in [3.8, 4) is 17.2 Å². The van der Waals surface area contributed by atoms with Crippen LogP contribution in [-0.4, -0.2) is 27.1 Å². The lowest BCUT2D eigenvalue weighted by atomic mass is 9.78. The molecule has 6 nitrogen and oxygen atoms in total. The van der Waals surface area contributed by atoms with E-state index in [0.29, 0.717) is 24.3 Å². The van der Waals surface area contributed by atoms with E-state index in [1.807, 2.05) is 60.7 Å². The highest BCUT2D eigenvalue weighted by Crippen LogP contribution is 2.47. The number of allylic oxidation sites excluding steroid dienone is 1. The highest BCUT2D eigenvalue weighted by atomic mass is 16.5. The second kappa shape index (κ2) is 9.14. The van der Waals surface area contributed by atoms with Crippen molar-refractivity contribution >= 4 is 17.2 Å². The van der Waals surface area contributed by atoms with E-state index in [4.69, 9.17) is 14.2 Å². The predicted molar refractivity (Wildman–Crippen MR) is 133 cm³/mol. The maximum atomic E-state index is 13.8. The summed E-state index contributed by atoms with van der Waals surface area (Å²) in [6.07, 6.45) is 1.11. The molecule has 0 saturated heterocycles. The van der Waals surface area contributed by atoms with Gasteiger partial charge in [0.15, 0.2) is 5.78 Å². The van der Waals surface area contributed by atoms with Gasteiger partial charge in [0.25, 0.3) is 0 Å². The summed E-state index contributed by atoms with van der Waals surface area (Å²) in [5, 5.41) is 7.19. The molecule has 2 unspecified atom stereocenters. The quantitative estimate of drug-likeness (QED) is 0.514. The Kier molecular flexibility index (Phi) is 5.88. The number of para-hydroxylation sites is 3. The number of benzene rings is 3. The minimum Gasteiger partial charge on any atom is -0.497 e. The van der Waals surface area contributed by atoms with Crippen LogP contribution in [0, 0.1) is 0 Å². The molecular weight excluding hydrogens is 428 g/mol. The highest BCUT2D eigenvalue weighted by molar-refractivity contribution is 6.01. The summed E-state index contributed by atoms with van der Waals surface area (Å²) < 4.78 is 16.7. The summed E-state index contributed by atoms with van der Waals surface area (Å²) in [5.74, 6) is 2.31. The second-order valence-electron chi connectivity index (χ2n) is 8.52. The number of Topliss-reactive ketones (excluding diaryl/α,β-unsaturated/α-hetero) is 1. The molecule has 1 aliphatic heterocycles. The predicted octanol–water partition coefficient (Wildman–Crippen LogP) is 5.69. The van der Waals surface area contributed by atoms with Crippen LogP contribution >= 0.6 is 0 Å². The van der Waals surface area contributed by atoms with Gasteiger partial charge in [0.1, 0.15) is 17.2 Å². The maximum absolute atomic E-state index is 13.8. The number of hydrogen-bond donors (Lipinski definition) is 2. The topological polar surface area (TPSA) is 68.8 Å². The summed E-state index contributed by atoms with van der Waals surface area (Å²) in [4.78, 5) is 13.8. The van der Waals surface area contributed by atoms with Crippen LogP contribution in [-0.2, 0) is 4.79 Å². The van der Waals surface area contributed by atoms with Gasteiger partial charge in [-0.3, -0.25) is 4.79 Å². The molecule has 0 bridgehead atoms. The van der Waals surface area contributed by atoms with Crippen LogP contribution < -0.4 is 24.8 Å². The Bertz CT molecular complexity index is 1270. The van der Waals surface area contributed by atoms with Crippen molar-refractivity contribution in [2.45, 2.75) is 24.8 Å². The average molecular weight is 457 g/mol. The van der Waals surface area contributed by atoms with Crippen LogP contribution in [0.1, 0.15) is 35.9 Å². The van der Waals surface area contributed by atoms with Gasteiger partial charge in [-0.2, -0.15) is 0 Å². The zero-order chi connectivity index (χ0) is 23.7. The minimum atomic E-state index is -0.363. The van der Waals surface area contributed by atoms with E-state index < -0.39 is 0 Å². The molecule has 1 aliphatic carbocycles. The number of carbonyl (C=O) groups excluding carboxylic acids is 1. The van der Waals surface area contributed by atoms with Crippen molar-refractivity contribution in [1.82, 2.24) is 0 Å². The van der Waals surface area contributed by atoms with Crippen molar-refractivity contribution in [2.75, 3.05) is 32.0 Å². The average Bonchev–Trinajstić information content (AvgIpc) is 3.05. The SMILES string of the molecule is COc1ccc(C2Nc3ccccc3NC3=C2C(=O)CC(c2ccccc2OC)C3)c(OC)c1. The van der Waals surface area contributed by atoms with Crippen LogP contribution in [0.2, 0.25) is 0 Å². The Morgan fingerprint density at radius 3 is 2.26 bits per heavy atom. The standard InChI is InChI=1S/C28H28N2O4/c1-32-18-12-13-20(26(16-18)34-3)28-27-23(29-21-9-5-6-10-22(21)30-28)14-17(15-24(27)31)19-8-4-7-11-25(19)33-2/h4-13,16-17,28-30H,14-15H2,1-3H3. The number of hydrogen-bond acceptors (Lipinski definition) is 6. The maximum Gasteiger partial charge on any atom is 0.163 e. The Morgan fingerprint density at radius 1 is 0.765 bits per heavy atom. The number of rotatable bonds is 5. The van der Waals surface area contributed by atoms with Gasteiger partial charge in [-0.15, -0.1) is 0 Å². The Morgan fingerprint density at radius 2 is 1.50 bits per heavy atom. The smallest absolute Gasteiger partial charge is 0.163 e. The van der Waals surface area contributed by atoms with Crippen LogP contribution in [0.3, 0.4) is 0 Å². The zero-order valence-corrected chi connectivity index (χ0v) is 19.6. The third kappa shape index (κ3) is 3.85. The molecule has 1 heterocycles. The summed E-state index contributed by atoms with van der Waals surface area (Å²) in [6.45, 7) is 0. The fraction of sp³-hybridized carbons (Fsp3) is 0.250. The molecular formula is C28H28N2O4. The number of ether oxygens (including phenoxy) is 3. The summed E-state index contributed by atoms with van der Waals surface area (Å²) >= 11 is 0. The molecule has 0 aromatic heterocycles. The van der Waals surface area contributed by atoms with Gasteiger partial charge in [-0.1, -0.05) is 30.3 Å². The van der Waals surface area contributed by atoms with E-state index in [9.17, 15) is 4.79 Å². The van der Waals surface area contributed by atoms with Gasteiger partial charge in [-0.05, 0) is 42.3 Å². The summed E-state index contributed by atoms with van der Waals surface area (Å²) in [7, 11) is 4.93. The number of carbonyl (C=O) groups is 1. The molecule has 0 fully saturated rings. The Labute approximate surface area is 199 Å². The largest absolute Gasteiger partial charge is 0.497 e. The van der Waals surface area contributed by atoms with Crippen molar-refractivity contribution in [2.24, 2.45) is 0 Å². The van der Waals surface area contributed by atoms with E-state index in [1.165, 1.54) is 0 Å². The molecule has 0 radical (unpaired) electrons. The van der Waals surface area contributed by atoms with Crippen LogP contribution in [0.4, 0.5) is 11.4 Å². The summed E-state index contributed by atoms with van der Waals surface area (Å²) in [5.41, 5.74) is 5.48. The van der Waals surface area contributed by atoms with Gasteiger partial charge < -0.3 is 24.8 Å². The minimum absolute atomic E-state index is 0.0265. The molecule has 2 aliphatic rings. The lowest BCUT2D eigenvalue weighted by Crippen LogP contribution is -2.27. The number of fused-ring (bicyclic) bond motifs is 1. The van der Waals surface area contributed by atoms with Crippen LogP contribution in [0.15, 0.2) is 78.0 Å². The number of anilines is 2. The lowest BCUT2D eigenvalue weighted by molar-refractivity contribution is -0.116. The first kappa shape index (κ1) is 21.9. The van der Waals surface area contributed by atoms with Gasteiger partial charge >= 0.3 is 0 Å². The zero-order valence-electron chi connectivity index (χ0n) is 19.6. The fourth-order valence-corrected chi connectivity index (χ4v) is 5.01. The van der Waals surface area contributed by atoms with Gasteiger partial charge in [0.2, 0.25) is 0 Å². The summed E-state index contributed by atoms with van der Waals surface area (Å²) in [6, 6.07) is 21.3. The molecule has 174 valence electrons. The van der Waals surface area contributed by atoms with Crippen molar-refractivity contribution < 1.29 is 19.0 Å². The Balaban J connectivity index is 1.64. The molecule has 6 heteroatoms. The molecule has 3 aromatic rings. The molecule has 0 saturated carbocycles. The van der Waals surface area contributed by atoms with E-state index >= 15 is 0 Å². The van der Waals surface area contributed by atoms with Gasteiger partial charge in [0, 0.05) is 35.2 Å². The number of methoxy groups -OCH3 is 3. The van der Waals surface area contributed by atoms with Gasteiger partial charge in [0.05, 0.1) is 38.7 Å². The Hall–Kier alpha value is -3.93. The fourth-order valence-electron chi connectivity index (χ4n) is 5.01. The normalized spacial score (nSPS) is 19.2. The van der Waals surface area contributed by atoms with E-state index in [0.717, 1.165) is 39.5 Å². The van der Waals surface area contributed by atoms with E-state index in [1.54, 1.807) is 21.3 Å². The molecule has 2 atom stereocenters. The first-order valence-electron chi connectivity index (χ1n) is 11.4. The van der Waals surface area contributed by atoms with Crippen LogP contribution in [0.5, 0.6) is 17.2 Å². The van der Waals surface area contributed by atoms with Crippen molar-refractivity contribution in [3.05, 3.63) is 89.1 Å². The third-order valence-corrected chi connectivity index (χ3v) is 6.64. The molecule has 0 amide bonds. The van der Waals surface area contributed by atoms with E-state index in [-0.39, 0.29) is 17.7 Å². The molecule has 3 aromatic carbocycles. The first-order chi connectivity index (χ1) is 16.6. The lowest BCUT2D eigenvalue weighted by Gasteiger charge is -2.31. The van der Waals surface area contributed by atoms with Crippen molar-refractivity contribution in [3.63, 3.8) is 0 Å². The molecule has 2 N–H and O–H groups in total. The van der Waals surface area contributed by atoms with Crippen LogP contribution in [0.25, 0.3) is 0 Å².